The largest absolute Gasteiger partial charge is 0.463 e. The fraction of sp³-hybridized carbons (Fsp3) is 0.600. The number of nitrogen functional groups attached to an aromatic ring is 1. The minimum Gasteiger partial charge on any atom is -0.463 e. The summed E-state index contributed by atoms with van der Waals surface area (Å²) in [7, 11) is 0. The smallest absolute Gasteiger partial charge is 0.318 e. The van der Waals surface area contributed by atoms with Crippen LogP contribution in [-0.2, 0) is 0 Å². The van der Waals surface area contributed by atoms with Crippen molar-refractivity contribution in [1.82, 2.24) is 9.97 Å². The van der Waals surface area contributed by atoms with E-state index in [-0.39, 0.29) is 0 Å². The molecule has 1 saturated carbocycles. The Morgan fingerprint density at radius 3 is 2.93 bits per heavy atom. The van der Waals surface area contributed by atoms with Gasteiger partial charge in [-0.1, -0.05) is 12.8 Å². The Labute approximate surface area is 83.5 Å². The van der Waals surface area contributed by atoms with Crippen molar-refractivity contribution in [1.29, 1.82) is 0 Å². The zero-order chi connectivity index (χ0) is 9.80. The maximum absolute atomic E-state index is 5.51. The molecule has 0 bridgehead atoms. The molecule has 1 heterocycles. The highest BCUT2D eigenvalue weighted by atomic mass is 16.5. The first-order chi connectivity index (χ1) is 6.84. The molecule has 1 aliphatic carbocycles. The molecule has 0 atom stereocenters. The lowest BCUT2D eigenvalue weighted by molar-refractivity contribution is 0.234. The first-order valence-corrected chi connectivity index (χ1v) is 5.06. The molecular formula is C10H15N3O. The predicted octanol–water partition coefficient (Wildman–Crippen LogP) is 1.63. The topological polar surface area (TPSA) is 61.0 Å². The van der Waals surface area contributed by atoms with Crippen molar-refractivity contribution in [3.63, 3.8) is 0 Å². The van der Waals surface area contributed by atoms with Crippen molar-refractivity contribution >= 4 is 5.82 Å². The number of ether oxygens (including phenoxy) is 1. The van der Waals surface area contributed by atoms with Crippen LogP contribution in [0.3, 0.4) is 0 Å². The maximum Gasteiger partial charge on any atom is 0.318 e. The monoisotopic (exact) mass is 193 g/mol. The van der Waals surface area contributed by atoms with E-state index in [1.54, 1.807) is 12.3 Å². The van der Waals surface area contributed by atoms with Crippen LogP contribution < -0.4 is 10.5 Å². The van der Waals surface area contributed by atoms with Gasteiger partial charge in [-0.15, -0.1) is 0 Å². The van der Waals surface area contributed by atoms with Gasteiger partial charge >= 0.3 is 6.01 Å². The number of rotatable bonds is 3. The molecule has 1 aliphatic rings. The van der Waals surface area contributed by atoms with E-state index in [1.807, 2.05) is 0 Å². The van der Waals surface area contributed by atoms with Gasteiger partial charge in [-0.2, -0.15) is 4.98 Å². The van der Waals surface area contributed by atoms with Crippen LogP contribution in [0, 0.1) is 5.92 Å². The van der Waals surface area contributed by atoms with Crippen molar-refractivity contribution in [3.05, 3.63) is 12.3 Å². The summed E-state index contributed by atoms with van der Waals surface area (Å²) in [6.45, 7) is 0.726. The van der Waals surface area contributed by atoms with Gasteiger partial charge < -0.3 is 10.5 Å². The molecule has 76 valence electrons. The fourth-order valence-electron chi connectivity index (χ4n) is 1.79. The average molecular weight is 193 g/mol. The van der Waals surface area contributed by atoms with Crippen LogP contribution in [0.25, 0.3) is 0 Å². The molecule has 0 amide bonds. The Kier molecular flexibility index (Phi) is 2.81. The third-order valence-electron chi connectivity index (χ3n) is 2.58. The summed E-state index contributed by atoms with van der Waals surface area (Å²) in [5.41, 5.74) is 5.51. The first-order valence-electron chi connectivity index (χ1n) is 5.06. The highest BCUT2D eigenvalue weighted by Gasteiger charge is 2.15. The molecule has 1 aromatic heterocycles. The van der Waals surface area contributed by atoms with Crippen molar-refractivity contribution < 1.29 is 4.74 Å². The lowest BCUT2D eigenvalue weighted by atomic mass is 10.1. The second-order valence-corrected chi connectivity index (χ2v) is 3.73. The molecule has 2 rings (SSSR count). The number of nitrogens with zero attached hydrogens (tertiary/aromatic N) is 2. The molecule has 1 aromatic rings. The zero-order valence-corrected chi connectivity index (χ0v) is 8.15. The van der Waals surface area contributed by atoms with E-state index in [9.17, 15) is 0 Å². The Hall–Kier alpha value is -1.32. The normalized spacial score (nSPS) is 17.1. The highest BCUT2D eigenvalue weighted by molar-refractivity contribution is 5.26. The number of hydrogen-bond acceptors (Lipinski definition) is 4. The number of aromatic nitrogens is 2. The first kappa shape index (κ1) is 9.24. The second kappa shape index (κ2) is 4.26. The van der Waals surface area contributed by atoms with Crippen molar-refractivity contribution in [2.45, 2.75) is 25.7 Å². The Morgan fingerprint density at radius 2 is 2.21 bits per heavy atom. The molecule has 0 aliphatic heterocycles. The quantitative estimate of drug-likeness (QED) is 0.792. The van der Waals surface area contributed by atoms with Crippen LogP contribution in [0.15, 0.2) is 12.3 Å². The molecule has 0 saturated heterocycles. The van der Waals surface area contributed by atoms with Crippen LogP contribution in [0.5, 0.6) is 6.01 Å². The van der Waals surface area contributed by atoms with Crippen LogP contribution >= 0.6 is 0 Å². The lowest BCUT2D eigenvalue weighted by Crippen LogP contribution is -2.10. The van der Waals surface area contributed by atoms with Gasteiger partial charge in [0.05, 0.1) is 6.61 Å². The third kappa shape index (κ3) is 2.34. The Morgan fingerprint density at radius 1 is 1.43 bits per heavy atom. The SMILES string of the molecule is Nc1ccnc(OCC2CCCC2)n1. The molecule has 0 unspecified atom stereocenters. The van der Waals surface area contributed by atoms with E-state index in [0.717, 1.165) is 6.61 Å². The summed E-state index contributed by atoms with van der Waals surface area (Å²) in [4.78, 5) is 7.97. The van der Waals surface area contributed by atoms with Gasteiger partial charge in [-0.05, 0) is 24.8 Å². The standard InChI is InChI=1S/C10H15N3O/c11-9-5-6-12-10(13-9)14-7-8-3-1-2-4-8/h5-6,8H,1-4,7H2,(H2,11,12,13). The van der Waals surface area contributed by atoms with E-state index in [1.165, 1.54) is 25.7 Å². The van der Waals surface area contributed by atoms with E-state index in [2.05, 4.69) is 9.97 Å². The van der Waals surface area contributed by atoms with Crippen LogP contribution in [0.2, 0.25) is 0 Å². The van der Waals surface area contributed by atoms with E-state index < -0.39 is 0 Å². The van der Waals surface area contributed by atoms with E-state index >= 15 is 0 Å². The van der Waals surface area contributed by atoms with Crippen molar-refractivity contribution in [2.24, 2.45) is 5.92 Å². The Balaban J connectivity index is 1.85. The number of anilines is 1. The summed E-state index contributed by atoms with van der Waals surface area (Å²) in [6, 6.07) is 2.06. The van der Waals surface area contributed by atoms with Crippen molar-refractivity contribution in [2.75, 3.05) is 12.3 Å². The van der Waals surface area contributed by atoms with Crippen molar-refractivity contribution in [3.8, 4) is 6.01 Å². The minimum absolute atomic E-state index is 0.400. The summed E-state index contributed by atoms with van der Waals surface area (Å²) < 4.78 is 5.47. The number of nitrogens with two attached hydrogens (primary N) is 1. The minimum atomic E-state index is 0.400. The van der Waals surface area contributed by atoms with Gasteiger partial charge in [-0.25, -0.2) is 4.98 Å². The highest BCUT2D eigenvalue weighted by Crippen LogP contribution is 2.24. The zero-order valence-electron chi connectivity index (χ0n) is 8.15. The van der Waals surface area contributed by atoms with Gasteiger partial charge in [0.25, 0.3) is 0 Å². The lowest BCUT2D eigenvalue weighted by Gasteiger charge is -2.09. The summed E-state index contributed by atoms with van der Waals surface area (Å²) >= 11 is 0. The molecule has 0 aromatic carbocycles. The molecule has 0 radical (unpaired) electrons. The molecule has 1 fully saturated rings. The van der Waals surface area contributed by atoms with Gasteiger partial charge in [0.15, 0.2) is 0 Å². The van der Waals surface area contributed by atoms with Gasteiger partial charge in [0.1, 0.15) is 5.82 Å². The van der Waals surface area contributed by atoms with Crippen LogP contribution in [-0.4, -0.2) is 16.6 Å². The van der Waals surface area contributed by atoms with E-state index in [4.69, 9.17) is 10.5 Å². The molecule has 4 nitrogen and oxygen atoms in total. The van der Waals surface area contributed by atoms with Crippen LogP contribution in [0.4, 0.5) is 5.82 Å². The molecule has 0 spiro atoms. The molecule has 4 heteroatoms. The molecule has 14 heavy (non-hydrogen) atoms. The average Bonchev–Trinajstić information content (AvgIpc) is 2.67. The Bertz CT molecular complexity index is 297. The van der Waals surface area contributed by atoms with Gasteiger partial charge in [-0.3, -0.25) is 0 Å². The van der Waals surface area contributed by atoms with E-state index in [0.29, 0.717) is 17.7 Å². The molecular weight excluding hydrogens is 178 g/mol. The maximum atomic E-state index is 5.51. The summed E-state index contributed by atoms with van der Waals surface area (Å²) in [5.74, 6) is 1.14. The second-order valence-electron chi connectivity index (χ2n) is 3.73. The van der Waals surface area contributed by atoms with Crippen LogP contribution in [0.1, 0.15) is 25.7 Å². The summed E-state index contributed by atoms with van der Waals surface area (Å²) in [6.07, 6.45) is 6.80. The fourth-order valence-corrected chi connectivity index (χ4v) is 1.79. The van der Waals surface area contributed by atoms with Gasteiger partial charge in [0, 0.05) is 6.20 Å². The molecule has 2 N–H and O–H groups in total. The number of hydrogen-bond donors (Lipinski definition) is 1. The third-order valence-corrected chi connectivity index (χ3v) is 2.58. The predicted molar refractivity (Wildman–Crippen MR) is 53.9 cm³/mol. The summed E-state index contributed by atoms with van der Waals surface area (Å²) in [5, 5.41) is 0. The van der Waals surface area contributed by atoms with Gasteiger partial charge in [0.2, 0.25) is 0 Å².